The van der Waals surface area contributed by atoms with Crippen LogP contribution in [0, 0.1) is 0 Å². The Hall–Kier alpha value is -2.80. The number of anilines is 1. The molecule has 7 heteroatoms. The molecule has 0 aliphatic carbocycles. The zero-order valence-corrected chi connectivity index (χ0v) is 16.4. The van der Waals surface area contributed by atoms with E-state index in [9.17, 15) is 14.4 Å². The number of likely N-dealkylation sites (N-methyl/N-ethyl adjacent to an activating group) is 2. The van der Waals surface area contributed by atoms with Gasteiger partial charge < -0.3 is 14.5 Å². The van der Waals surface area contributed by atoms with E-state index in [0.29, 0.717) is 11.3 Å². The van der Waals surface area contributed by atoms with E-state index in [0.717, 1.165) is 10.6 Å². The number of ether oxygens (including phenoxy) is 1. The van der Waals surface area contributed by atoms with E-state index in [2.05, 4.69) is 0 Å². The predicted octanol–water partition coefficient (Wildman–Crippen LogP) is 3.01. The zero-order valence-electron chi connectivity index (χ0n) is 15.6. The molecule has 2 aromatic rings. The molecule has 0 spiro atoms. The van der Waals surface area contributed by atoms with Crippen LogP contribution in [0.15, 0.2) is 53.4 Å². The SMILES string of the molecule is CC(=O)Oc1ccc(C2(N(C)C(C)=O)Sc3ccccc3N(C)C2=O)cc1. The van der Waals surface area contributed by atoms with Gasteiger partial charge in [-0.25, -0.2) is 0 Å². The molecule has 0 saturated carbocycles. The second-order valence-corrected chi connectivity index (χ2v) is 7.51. The van der Waals surface area contributed by atoms with Crippen LogP contribution >= 0.6 is 11.8 Å². The van der Waals surface area contributed by atoms with Crippen LogP contribution in [0.3, 0.4) is 0 Å². The summed E-state index contributed by atoms with van der Waals surface area (Å²) in [7, 11) is 3.33. The normalized spacial score (nSPS) is 18.7. The minimum absolute atomic E-state index is 0.218. The third-order valence-corrected chi connectivity index (χ3v) is 6.08. The minimum atomic E-state index is -1.25. The number of benzene rings is 2. The first kappa shape index (κ1) is 19.0. The minimum Gasteiger partial charge on any atom is -0.427 e. The second kappa shape index (κ2) is 7.08. The molecule has 3 rings (SSSR count). The number of carbonyl (C=O) groups excluding carboxylic acids is 3. The summed E-state index contributed by atoms with van der Waals surface area (Å²) in [5.74, 6) is -0.485. The highest BCUT2D eigenvalue weighted by Crippen LogP contribution is 2.52. The van der Waals surface area contributed by atoms with Gasteiger partial charge in [-0.1, -0.05) is 36.0 Å². The molecule has 0 radical (unpaired) electrons. The van der Waals surface area contributed by atoms with Crippen LogP contribution in [-0.4, -0.2) is 36.8 Å². The van der Waals surface area contributed by atoms with Crippen molar-refractivity contribution in [3.63, 3.8) is 0 Å². The Labute approximate surface area is 162 Å². The number of esters is 1. The molecule has 1 aliphatic rings. The van der Waals surface area contributed by atoms with Crippen molar-refractivity contribution in [3.8, 4) is 5.75 Å². The molecule has 140 valence electrons. The van der Waals surface area contributed by atoms with Crippen LogP contribution in [0.1, 0.15) is 19.4 Å². The first-order chi connectivity index (χ1) is 12.8. The molecule has 2 aromatic carbocycles. The molecule has 0 aromatic heterocycles. The van der Waals surface area contributed by atoms with Gasteiger partial charge >= 0.3 is 5.97 Å². The lowest BCUT2D eigenvalue weighted by atomic mass is 10.0. The summed E-state index contributed by atoms with van der Waals surface area (Å²) < 4.78 is 5.08. The smallest absolute Gasteiger partial charge is 0.308 e. The Morgan fingerprint density at radius 2 is 1.70 bits per heavy atom. The number of amides is 2. The van der Waals surface area contributed by atoms with Gasteiger partial charge in [-0.3, -0.25) is 14.4 Å². The number of carbonyl (C=O) groups is 3. The lowest BCUT2D eigenvalue weighted by molar-refractivity contribution is -0.138. The van der Waals surface area contributed by atoms with Crippen LogP contribution in [0.5, 0.6) is 5.75 Å². The van der Waals surface area contributed by atoms with Crippen molar-refractivity contribution in [2.24, 2.45) is 0 Å². The lowest BCUT2D eigenvalue weighted by Gasteiger charge is -2.45. The van der Waals surface area contributed by atoms with Gasteiger partial charge in [0.05, 0.1) is 5.69 Å². The Kier molecular flexibility index (Phi) is 4.97. The number of hydrogen-bond donors (Lipinski definition) is 0. The van der Waals surface area contributed by atoms with E-state index < -0.39 is 10.8 Å². The third-order valence-electron chi connectivity index (χ3n) is 4.53. The highest BCUT2D eigenvalue weighted by atomic mass is 32.2. The fourth-order valence-electron chi connectivity index (χ4n) is 3.08. The molecule has 1 heterocycles. The highest BCUT2D eigenvalue weighted by Gasteiger charge is 2.51. The zero-order chi connectivity index (χ0) is 19.8. The van der Waals surface area contributed by atoms with Gasteiger partial charge in [-0.15, -0.1) is 0 Å². The van der Waals surface area contributed by atoms with Gasteiger partial charge in [-0.05, 0) is 29.8 Å². The first-order valence-corrected chi connectivity index (χ1v) is 9.18. The van der Waals surface area contributed by atoms with E-state index in [-0.39, 0.29) is 11.8 Å². The largest absolute Gasteiger partial charge is 0.427 e. The Bertz CT molecular complexity index is 912. The van der Waals surface area contributed by atoms with E-state index in [4.69, 9.17) is 4.74 Å². The van der Waals surface area contributed by atoms with Crippen molar-refractivity contribution in [1.29, 1.82) is 0 Å². The van der Waals surface area contributed by atoms with E-state index in [1.807, 2.05) is 24.3 Å². The summed E-state index contributed by atoms with van der Waals surface area (Å²) in [6, 6.07) is 14.3. The molecule has 1 aliphatic heterocycles. The number of para-hydroxylation sites is 1. The number of fused-ring (bicyclic) bond motifs is 1. The van der Waals surface area contributed by atoms with Gasteiger partial charge in [0.25, 0.3) is 5.91 Å². The first-order valence-electron chi connectivity index (χ1n) is 8.37. The van der Waals surface area contributed by atoms with Crippen LogP contribution in [0.2, 0.25) is 0 Å². The van der Waals surface area contributed by atoms with Crippen LogP contribution < -0.4 is 9.64 Å². The van der Waals surface area contributed by atoms with Gasteiger partial charge in [-0.2, -0.15) is 0 Å². The number of nitrogens with zero attached hydrogens (tertiary/aromatic N) is 2. The maximum atomic E-state index is 13.4. The Morgan fingerprint density at radius 1 is 1.07 bits per heavy atom. The van der Waals surface area contributed by atoms with Gasteiger partial charge in [0, 0.05) is 32.8 Å². The fraction of sp³-hybridized carbons (Fsp3) is 0.250. The van der Waals surface area contributed by atoms with E-state index in [1.165, 1.54) is 30.5 Å². The van der Waals surface area contributed by atoms with Crippen LogP contribution in [0.25, 0.3) is 0 Å². The number of thioether (sulfide) groups is 1. The Morgan fingerprint density at radius 3 is 2.30 bits per heavy atom. The van der Waals surface area contributed by atoms with Crippen molar-refractivity contribution in [3.05, 3.63) is 54.1 Å². The fourth-order valence-corrected chi connectivity index (χ4v) is 4.60. The molecule has 1 atom stereocenters. The monoisotopic (exact) mass is 384 g/mol. The lowest BCUT2D eigenvalue weighted by Crippen LogP contribution is -2.56. The maximum Gasteiger partial charge on any atom is 0.308 e. The third kappa shape index (κ3) is 3.19. The number of rotatable bonds is 3. The van der Waals surface area contributed by atoms with Gasteiger partial charge in [0.1, 0.15) is 5.75 Å². The summed E-state index contributed by atoms with van der Waals surface area (Å²) in [6.07, 6.45) is 0. The van der Waals surface area contributed by atoms with Crippen molar-refractivity contribution < 1.29 is 19.1 Å². The number of hydrogen-bond acceptors (Lipinski definition) is 5. The van der Waals surface area contributed by atoms with E-state index in [1.54, 1.807) is 43.3 Å². The van der Waals surface area contributed by atoms with E-state index >= 15 is 0 Å². The second-order valence-electron chi connectivity index (χ2n) is 6.27. The average molecular weight is 384 g/mol. The molecule has 1 unspecified atom stereocenters. The molecular weight excluding hydrogens is 364 g/mol. The van der Waals surface area contributed by atoms with Crippen LogP contribution in [0.4, 0.5) is 5.69 Å². The topological polar surface area (TPSA) is 66.9 Å². The summed E-state index contributed by atoms with van der Waals surface area (Å²) >= 11 is 1.33. The predicted molar refractivity (Wildman–Crippen MR) is 104 cm³/mol. The van der Waals surface area contributed by atoms with Crippen molar-refractivity contribution in [2.75, 3.05) is 19.0 Å². The summed E-state index contributed by atoms with van der Waals surface area (Å²) in [5.41, 5.74) is 1.43. The van der Waals surface area contributed by atoms with Crippen LogP contribution in [-0.2, 0) is 19.3 Å². The van der Waals surface area contributed by atoms with Gasteiger partial charge in [0.15, 0.2) is 4.87 Å². The maximum absolute atomic E-state index is 13.4. The average Bonchev–Trinajstić information content (AvgIpc) is 2.64. The molecular formula is C20H20N2O4S. The molecule has 6 nitrogen and oxygen atoms in total. The summed E-state index contributed by atoms with van der Waals surface area (Å²) in [5, 5.41) is 0. The molecule has 2 amide bonds. The van der Waals surface area contributed by atoms with Crippen molar-refractivity contribution >= 4 is 35.2 Å². The standard InChI is InChI=1S/C20H20N2O4S/c1-13(23)22(4)20(15-9-11-16(12-10-15)26-14(2)24)19(25)21(3)17-7-5-6-8-18(17)27-20/h5-12H,1-4H3. The van der Waals surface area contributed by atoms with Crippen molar-refractivity contribution in [2.45, 2.75) is 23.6 Å². The summed E-state index contributed by atoms with van der Waals surface area (Å²) in [4.78, 5) is 39.5. The quantitative estimate of drug-likeness (QED) is 0.601. The molecule has 0 bridgehead atoms. The van der Waals surface area contributed by atoms with Crippen molar-refractivity contribution in [1.82, 2.24) is 4.90 Å². The summed E-state index contributed by atoms with van der Waals surface area (Å²) in [6.45, 7) is 2.76. The molecule has 0 saturated heterocycles. The highest BCUT2D eigenvalue weighted by molar-refractivity contribution is 8.01. The molecule has 0 N–H and O–H groups in total. The van der Waals surface area contributed by atoms with Gasteiger partial charge in [0.2, 0.25) is 5.91 Å². The molecule has 0 fully saturated rings. The Balaban J connectivity index is 2.15. The molecule has 27 heavy (non-hydrogen) atoms.